The van der Waals surface area contributed by atoms with Gasteiger partial charge in [0.05, 0.1) is 0 Å². The second-order valence-electron chi connectivity index (χ2n) is 2.63. The fraction of sp³-hybridized carbons (Fsp3) is 0.600. The summed E-state index contributed by atoms with van der Waals surface area (Å²) in [6, 6.07) is 0. The minimum Gasteiger partial charge on any atom is -0.173 e. The smallest absolute Gasteiger partial charge is 0.173 e. The number of rotatable bonds is 0. The molecule has 0 aliphatic rings. The zero-order valence-electron chi connectivity index (χ0n) is 7.83. The molecular weight excluding hydrogens is 156 g/mol. The Bertz CT molecular complexity index is 133. The lowest BCUT2D eigenvalue weighted by atomic mass is 10.3. The average molecular weight is 176 g/mol. The van der Waals surface area contributed by atoms with Crippen molar-refractivity contribution in [3.05, 3.63) is 23.3 Å². The first-order valence-corrected chi connectivity index (χ1v) is 3.49. The van der Waals surface area contributed by atoms with Crippen LogP contribution in [0.4, 0.5) is 8.78 Å². The molecule has 0 unspecified atom stereocenters. The van der Waals surface area contributed by atoms with Gasteiger partial charge in [-0.05, 0) is 40.2 Å². The first-order chi connectivity index (χ1) is 4.91. The maximum Gasteiger partial charge on any atom is 0.268 e. The highest BCUT2D eigenvalue weighted by atomic mass is 18.3. The van der Waals surface area contributed by atoms with Crippen molar-refractivity contribution in [1.82, 2.24) is 0 Å². The molecule has 0 aromatic carbocycles. The maximum absolute atomic E-state index is 11.0. The number of halogens is 2. The summed E-state index contributed by atoms with van der Waals surface area (Å²) in [7, 11) is 0. The van der Waals surface area contributed by atoms with Crippen LogP contribution >= 0.6 is 0 Å². The molecule has 0 nitrogen and oxygen atoms in total. The first kappa shape index (κ1) is 17.4. The molecule has 0 saturated heterocycles. The SMILES string of the molecule is C.CC(C)=C([18F])[18F].CC=C(C)C. The van der Waals surface area contributed by atoms with Gasteiger partial charge in [0.15, 0.2) is 0 Å². The fourth-order valence-electron chi connectivity index (χ4n) is 0. The highest BCUT2D eigenvalue weighted by Gasteiger charge is 1.86. The van der Waals surface area contributed by atoms with E-state index in [-0.39, 0.29) is 13.0 Å². The predicted octanol–water partition coefficient (Wildman–Crippen LogP) is 4.79. The van der Waals surface area contributed by atoms with E-state index in [4.69, 9.17) is 0 Å². The topological polar surface area (TPSA) is 0 Å². The summed E-state index contributed by atoms with van der Waals surface area (Å²) in [5, 5.41) is 0. The minimum atomic E-state index is -1.57. The monoisotopic (exact) mass is 176 g/mol. The summed E-state index contributed by atoms with van der Waals surface area (Å²) in [6.45, 7) is 8.94. The van der Waals surface area contributed by atoms with Gasteiger partial charge in [-0.25, -0.2) is 0 Å². The molecule has 0 aliphatic heterocycles. The summed E-state index contributed by atoms with van der Waals surface area (Å²) in [5.41, 5.74) is 1.47. The third-order valence-electron chi connectivity index (χ3n) is 0.955. The van der Waals surface area contributed by atoms with Crippen molar-refractivity contribution in [3.8, 4) is 0 Å². The Balaban J connectivity index is -0.000000126. The Kier molecular flexibility index (Phi) is 15.0. The van der Waals surface area contributed by atoms with Crippen LogP contribution in [0.1, 0.15) is 42.0 Å². The van der Waals surface area contributed by atoms with E-state index in [1.807, 2.05) is 6.92 Å². The third kappa shape index (κ3) is 22.8. The van der Waals surface area contributed by atoms with E-state index in [1.54, 1.807) is 0 Å². The normalized spacial score (nSPS) is 6.92. The van der Waals surface area contributed by atoms with Crippen molar-refractivity contribution in [2.75, 3.05) is 0 Å². The van der Waals surface area contributed by atoms with Crippen LogP contribution in [0.3, 0.4) is 0 Å². The van der Waals surface area contributed by atoms with E-state index in [9.17, 15) is 8.78 Å². The number of hydrogen-bond donors (Lipinski definition) is 0. The molecule has 0 heterocycles. The summed E-state index contributed by atoms with van der Waals surface area (Å²) in [6.07, 6.45) is 0.509. The molecule has 0 bridgehead atoms. The van der Waals surface area contributed by atoms with Crippen LogP contribution in [0, 0.1) is 0 Å². The lowest BCUT2D eigenvalue weighted by Crippen LogP contribution is -1.61. The van der Waals surface area contributed by atoms with E-state index in [2.05, 4.69) is 19.9 Å². The lowest BCUT2D eigenvalue weighted by Gasteiger charge is -1.78. The summed E-state index contributed by atoms with van der Waals surface area (Å²) in [4.78, 5) is 0. The van der Waals surface area contributed by atoms with E-state index in [0.29, 0.717) is 0 Å². The highest BCUT2D eigenvalue weighted by molar-refractivity contribution is 4.92. The van der Waals surface area contributed by atoms with Crippen LogP contribution in [0.25, 0.3) is 0 Å². The van der Waals surface area contributed by atoms with Gasteiger partial charge in [-0.3, -0.25) is 0 Å². The summed E-state index contributed by atoms with van der Waals surface area (Å²) in [5.74, 6) is 0. The lowest BCUT2D eigenvalue weighted by molar-refractivity contribution is 0.412. The van der Waals surface area contributed by atoms with Crippen LogP contribution in [-0.2, 0) is 0 Å². The molecule has 0 aromatic rings. The number of allylic oxidation sites excluding steroid dienone is 3. The van der Waals surface area contributed by atoms with E-state index in [0.717, 1.165) is 0 Å². The number of hydrogen-bond acceptors (Lipinski definition) is 0. The van der Waals surface area contributed by atoms with Crippen molar-refractivity contribution in [2.45, 2.75) is 42.0 Å². The minimum absolute atomic E-state index is 0. The van der Waals surface area contributed by atoms with Crippen LogP contribution in [0.2, 0.25) is 0 Å². The van der Waals surface area contributed by atoms with Crippen molar-refractivity contribution < 1.29 is 8.78 Å². The first-order valence-electron chi connectivity index (χ1n) is 3.49. The van der Waals surface area contributed by atoms with Crippen molar-refractivity contribution in [2.24, 2.45) is 0 Å². The van der Waals surface area contributed by atoms with Crippen LogP contribution in [0.15, 0.2) is 23.3 Å². The Morgan fingerprint density at radius 1 is 1.00 bits per heavy atom. The second kappa shape index (κ2) is 10.3. The Hall–Kier alpha value is -0.660. The van der Waals surface area contributed by atoms with Gasteiger partial charge < -0.3 is 0 Å². The molecule has 0 rings (SSSR count). The molecule has 0 spiro atoms. The van der Waals surface area contributed by atoms with Crippen molar-refractivity contribution >= 4 is 0 Å². The van der Waals surface area contributed by atoms with Gasteiger partial charge in [0, 0.05) is 0 Å². The van der Waals surface area contributed by atoms with Crippen LogP contribution in [-0.4, -0.2) is 0 Å². The molecule has 0 N–H and O–H groups in total. The van der Waals surface area contributed by atoms with Gasteiger partial charge in [0.1, 0.15) is 0 Å². The third-order valence-corrected chi connectivity index (χ3v) is 0.955. The molecule has 0 amide bonds. The molecule has 0 aliphatic carbocycles. The second-order valence-corrected chi connectivity index (χ2v) is 2.63. The maximum atomic E-state index is 11.0. The molecule has 74 valence electrons. The standard InChI is InChI=1S/C5H10.C4H6F2.CH4/c1-4-5(2)3;1-3(2)4(5)6;/h4H,1-3H3;1-2H3;1H4/i;5-1,6-1;. The predicted molar refractivity (Wildman–Crippen MR) is 52.4 cm³/mol. The van der Waals surface area contributed by atoms with Crippen molar-refractivity contribution in [3.63, 3.8) is 0 Å². The zero-order valence-corrected chi connectivity index (χ0v) is 7.83. The molecule has 2 heteroatoms. The van der Waals surface area contributed by atoms with E-state index >= 15 is 0 Å². The van der Waals surface area contributed by atoms with Gasteiger partial charge in [0.2, 0.25) is 0 Å². The Morgan fingerprint density at radius 3 is 1.17 bits per heavy atom. The van der Waals surface area contributed by atoms with Gasteiger partial charge >= 0.3 is 0 Å². The van der Waals surface area contributed by atoms with Gasteiger partial charge in [0.25, 0.3) is 6.08 Å². The molecular formula is C10H20F2. The van der Waals surface area contributed by atoms with Gasteiger partial charge in [-0.2, -0.15) is 8.78 Å². The molecule has 0 fully saturated rings. The quantitative estimate of drug-likeness (QED) is 0.466. The molecule has 0 atom stereocenters. The van der Waals surface area contributed by atoms with Gasteiger partial charge in [-0.15, -0.1) is 0 Å². The van der Waals surface area contributed by atoms with Crippen molar-refractivity contribution in [1.29, 1.82) is 0 Å². The molecule has 12 heavy (non-hydrogen) atoms. The molecule has 0 saturated carbocycles. The van der Waals surface area contributed by atoms with Gasteiger partial charge in [-0.1, -0.05) is 19.1 Å². The van der Waals surface area contributed by atoms with Crippen LogP contribution in [0.5, 0.6) is 0 Å². The zero-order chi connectivity index (χ0) is 9.44. The summed E-state index contributed by atoms with van der Waals surface area (Å²) >= 11 is 0. The summed E-state index contributed by atoms with van der Waals surface area (Å²) < 4.78 is 22.1. The highest BCUT2D eigenvalue weighted by Crippen LogP contribution is 2.03. The fourth-order valence-corrected chi connectivity index (χ4v) is 0. The largest absolute Gasteiger partial charge is 0.268 e. The Morgan fingerprint density at radius 2 is 1.17 bits per heavy atom. The Labute approximate surface area is 75.0 Å². The molecule has 0 aromatic heterocycles. The average Bonchev–Trinajstić information content (AvgIpc) is 1.89. The van der Waals surface area contributed by atoms with Crippen LogP contribution < -0.4 is 0 Å². The van der Waals surface area contributed by atoms with E-state index < -0.39 is 6.08 Å². The van der Waals surface area contributed by atoms with E-state index in [1.165, 1.54) is 19.4 Å². The molecule has 0 radical (unpaired) electrons.